The molecule has 0 saturated carbocycles. The summed E-state index contributed by atoms with van der Waals surface area (Å²) in [6, 6.07) is 15.1. The van der Waals surface area contributed by atoms with E-state index in [1.807, 2.05) is 48.5 Å². The molecule has 0 aliphatic heterocycles. The number of halogens is 2. The van der Waals surface area contributed by atoms with Gasteiger partial charge in [0.05, 0.1) is 0 Å². The molecule has 0 saturated heterocycles. The Balaban J connectivity index is 1.87. The van der Waals surface area contributed by atoms with Crippen molar-refractivity contribution in [1.29, 1.82) is 0 Å². The second kappa shape index (κ2) is 7.14. The zero-order valence-corrected chi connectivity index (χ0v) is 11.9. The highest BCUT2D eigenvalue weighted by Crippen LogP contribution is 2.18. The fourth-order valence-electron chi connectivity index (χ4n) is 1.54. The lowest BCUT2D eigenvalue weighted by Crippen LogP contribution is -1.99. The van der Waals surface area contributed by atoms with Crippen LogP contribution in [0.25, 0.3) is 0 Å². The molecule has 19 heavy (non-hydrogen) atoms. The number of benzene rings is 2. The second-order valence-corrected chi connectivity index (χ2v) is 4.84. The first-order valence-electron chi connectivity index (χ1n) is 5.94. The topological polar surface area (TPSA) is 18.5 Å². The molecular weight excluding hydrogens is 311 g/mol. The van der Waals surface area contributed by atoms with Gasteiger partial charge in [-0.15, -0.1) is 0 Å². The third-order valence-corrected chi connectivity index (χ3v) is 3.02. The minimum absolute atomic E-state index is 0.0920. The maximum absolute atomic E-state index is 11.9. The lowest BCUT2D eigenvalue weighted by atomic mass is 10.2. The lowest BCUT2D eigenvalue weighted by molar-refractivity contribution is 0.272. The first-order chi connectivity index (χ1) is 9.28. The number of ether oxygens (including phenoxy) is 2. The maximum atomic E-state index is 11.9. The van der Waals surface area contributed by atoms with Gasteiger partial charge in [-0.2, -0.15) is 0 Å². The molecule has 0 fully saturated rings. The van der Waals surface area contributed by atoms with Gasteiger partial charge in [0.15, 0.2) is 0 Å². The molecule has 0 atom stereocenters. The molecule has 0 aliphatic carbocycles. The minimum Gasteiger partial charge on any atom is -0.491 e. The normalized spacial score (nSPS) is 10.2. The SMILES string of the molecule is FCCOc1ccc(COc2ccc(Br)cc2)cc1. The molecule has 0 amide bonds. The Kier molecular flexibility index (Phi) is 5.21. The highest BCUT2D eigenvalue weighted by Gasteiger charge is 1.98. The van der Waals surface area contributed by atoms with Gasteiger partial charge in [0.25, 0.3) is 0 Å². The van der Waals surface area contributed by atoms with Crippen LogP contribution in [0.1, 0.15) is 5.56 Å². The van der Waals surface area contributed by atoms with E-state index < -0.39 is 6.67 Å². The van der Waals surface area contributed by atoms with Gasteiger partial charge in [0, 0.05) is 4.47 Å². The summed E-state index contributed by atoms with van der Waals surface area (Å²) in [4.78, 5) is 0. The van der Waals surface area contributed by atoms with Gasteiger partial charge in [0.2, 0.25) is 0 Å². The van der Waals surface area contributed by atoms with Crippen LogP contribution < -0.4 is 9.47 Å². The quantitative estimate of drug-likeness (QED) is 0.785. The Morgan fingerprint density at radius 1 is 0.842 bits per heavy atom. The molecule has 0 heterocycles. The predicted octanol–water partition coefficient (Wildman–Crippen LogP) is 4.38. The first kappa shape index (κ1) is 13.9. The largest absolute Gasteiger partial charge is 0.491 e. The van der Waals surface area contributed by atoms with E-state index >= 15 is 0 Å². The summed E-state index contributed by atoms with van der Waals surface area (Å²) < 4.78 is 23.8. The van der Waals surface area contributed by atoms with Crippen LogP contribution in [-0.4, -0.2) is 13.3 Å². The Bertz CT molecular complexity index is 497. The lowest BCUT2D eigenvalue weighted by Gasteiger charge is -2.08. The van der Waals surface area contributed by atoms with Gasteiger partial charge >= 0.3 is 0 Å². The van der Waals surface area contributed by atoms with Crippen molar-refractivity contribution < 1.29 is 13.9 Å². The summed E-state index contributed by atoms with van der Waals surface area (Å²) in [5.41, 5.74) is 1.04. The van der Waals surface area contributed by atoms with Gasteiger partial charge in [-0.25, -0.2) is 4.39 Å². The van der Waals surface area contributed by atoms with E-state index in [2.05, 4.69) is 15.9 Å². The van der Waals surface area contributed by atoms with Crippen LogP contribution >= 0.6 is 15.9 Å². The van der Waals surface area contributed by atoms with Crippen LogP contribution in [0.2, 0.25) is 0 Å². The van der Waals surface area contributed by atoms with Crippen LogP contribution in [0.5, 0.6) is 11.5 Å². The van der Waals surface area contributed by atoms with Gasteiger partial charge in [0.1, 0.15) is 31.4 Å². The smallest absolute Gasteiger partial charge is 0.123 e. The average molecular weight is 325 g/mol. The molecule has 2 nitrogen and oxygen atoms in total. The van der Waals surface area contributed by atoms with E-state index in [0.717, 1.165) is 15.8 Å². The average Bonchev–Trinajstić information content (AvgIpc) is 2.46. The molecule has 2 aromatic carbocycles. The predicted molar refractivity (Wildman–Crippen MR) is 76.4 cm³/mol. The summed E-state index contributed by atoms with van der Waals surface area (Å²) in [6.45, 7) is 0.105. The van der Waals surface area contributed by atoms with E-state index in [4.69, 9.17) is 9.47 Å². The minimum atomic E-state index is -0.478. The van der Waals surface area contributed by atoms with E-state index in [1.165, 1.54) is 0 Å². The van der Waals surface area contributed by atoms with E-state index in [-0.39, 0.29) is 6.61 Å². The van der Waals surface area contributed by atoms with Crippen molar-refractivity contribution >= 4 is 15.9 Å². The Morgan fingerprint density at radius 2 is 1.42 bits per heavy atom. The Hall–Kier alpha value is -1.55. The van der Waals surface area contributed by atoms with Crippen molar-refractivity contribution in [3.05, 3.63) is 58.6 Å². The number of rotatable bonds is 6. The van der Waals surface area contributed by atoms with Crippen LogP contribution in [0, 0.1) is 0 Å². The zero-order chi connectivity index (χ0) is 13.5. The third kappa shape index (κ3) is 4.56. The summed E-state index contributed by atoms with van der Waals surface area (Å²) in [5, 5.41) is 0. The Morgan fingerprint density at radius 3 is 2.05 bits per heavy atom. The molecule has 0 unspecified atom stereocenters. The van der Waals surface area contributed by atoms with Crippen LogP contribution in [0.3, 0.4) is 0 Å². The molecule has 2 aromatic rings. The summed E-state index contributed by atoms with van der Waals surface area (Å²) in [7, 11) is 0. The number of hydrogen-bond acceptors (Lipinski definition) is 2. The Labute approximate surface area is 120 Å². The monoisotopic (exact) mass is 324 g/mol. The van der Waals surface area contributed by atoms with Gasteiger partial charge in [-0.05, 0) is 42.0 Å². The van der Waals surface area contributed by atoms with Crippen LogP contribution in [-0.2, 0) is 6.61 Å². The molecular formula is C15H14BrFO2. The second-order valence-electron chi connectivity index (χ2n) is 3.92. The number of alkyl halides is 1. The van der Waals surface area contributed by atoms with Crippen molar-refractivity contribution in [3.8, 4) is 11.5 Å². The fourth-order valence-corrected chi connectivity index (χ4v) is 1.80. The van der Waals surface area contributed by atoms with Gasteiger partial charge in [-0.3, -0.25) is 0 Å². The van der Waals surface area contributed by atoms with Crippen molar-refractivity contribution in [1.82, 2.24) is 0 Å². The van der Waals surface area contributed by atoms with Crippen LogP contribution in [0.15, 0.2) is 53.0 Å². The number of hydrogen-bond donors (Lipinski definition) is 0. The maximum Gasteiger partial charge on any atom is 0.123 e. The highest BCUT2D eigenvalue weighted by atomic mass is 79.9. The molecule has 100 valence electrons. The first-order valence-corrected chi connectivity index (χ1v) is 6.73. The van der Waals surface area contributed by atoms with E-state index in [0.29, 0.717) is 12.4 Å². The van der Waals surface area contributed by atoms with Gasteiger partial charge < -0.3 is 9.47 Å². The van der Waals surface area contributed by atoms with E-state index in [9.17, 15) is 4.39 Å². The summed E-state index contributed by atoms with van der Waals surface area (Å²) in [6.07, 6.45) is 0. The molecule has 0 aliphatic rings. The van der Waals surface area contributed by atoms with Gasteiger partial charge in [-0.1, -0.05) is 28.1 Å². The summed E-state index contributed by atoms with van der Waals surface area (Å²) in [5.74, 6) is 1.49. The molecule has 0 aromatic heterocycles. The fraction of sp³-hybridized carbons (Fsp3) is 0.200. The summed E-state index contributed by atoms with van der Waals surface area (Å²) >= 11 is 3.37. The van der Waals surface area contributed by atoms with Crippen molar-refractivity contribution in [2.24, 2.45) is 0 Å². The third-order valence-electron chi connectivity index (χ3n) is 2.49. The van der Waals surface area contributed by atoms with Crippen molar-refractivity contribution in [2.75, 3.05) is 13.3 Å². The standard InChI is InChI=1S/C15H14BrFO2/c16-13-3-7-15(8-4-13)19-11-12-1-5-14(6-2-12)18-10-9-17/h1-8H,9-11H2. The van der Waals surface area contributed by atoms with Crippen molar-refractivity contribution in [2.45, 2.75) is 6.61 Å². The zero-order valence-electron chi connectivity index (χ0n) is 10.3. The van der Waals surface area contributed by atoms with Crippen molar-refractivity contribution in [3.63, 3.8) is 0 Å². The molecule has 0 N–H and O–H groups in total. The molecule has 4 heteroatoms. The van der Waals surface area contributed by atoms with Crippen LogP contribution in [0.4, 0.5) is 4.39 Å². The molecule has 0 spiro atoms. The molecule has 2 rings (SSSR count). The van der Waals surface area contributed by atoms with E-state index in [1.54, 1.807) is 0 Å². The molecule has 0 bridgehead atoms. The molecule has 0 radical (unpaired) electrons. The highest BCUT2D eigenvalue weighted by molar-refractivity contribution is 9.10.